The van der Waals surface area contributed by atoms with E-state index in [4.69, 9.17) is 14.8 Å². The summed E-state index contributed by atoms with van der Waals surface area (Å²) in [4.78, 5) is 19.4. The normalized spacial score (nSPS) is 9.90. The van der Waals surface area contributed by atoms with Crippen molar-refractivity contribution in [1.29, 1.82) is 0 Å². The van der Waals surface area contributed by atoms with Gasteiger partial charge in [-0.05, 0) is 0 Å². The van der Waals surface area contributed by atoms with Gasteiger partial charge in [-0.15, -0.1) is 0 Å². The zero-order valence-electron chi connectivity index (χ0n) is 4.61. The second kappa shape index (κ2) is 3.80. The summed E-state index contributed by atoms with van der Waals surface area (Å²) in [5.74, 6) is 0. The summed E-state index contributed by atoms with van der Waals surface area (Å²) in [7, 11) is 0. The molecule has 0 heterocycles. The number of hydrogen-bond acceptors (Lipinski definition) is 3. The molecule has 0 aliphatic heterocycles. The molecule has 2 amide bonds. The molecule has 0 bridgehead atoms. The first-order chi connectivity index (χ1) is 4.52. The van der Waals surface area contributed by atoms with E-state index in [0.29, 0.717) is 0 Å². The lowest BCUT2D eigenvalue weighted by atomic mass is 11.3. The molecule has 0 rings (SSSR count). The zero-order valence-corrected chi connectivity index (χ0v) is 5.50. The second-order valence-electron chi connectivity index (χ2n) is 1.15. The fourth-order valence-corrected chi connectivity index (χ4v) is 0.627. The monoisotopic (exact) mass is 170 g/mol. The number of hydrogen-bond donors (Lipinski definition) is 6. The van der Waals surface area contributed by atoms with Crippen molar-refractivity contribution in [2.24, 2.45) is 0 Å². The van der Waals surface area contributed by atoms with Gasteiger partial charge in [-0.1, -0.05) is 0 Å². The summed E-state index contributed by atoms with van der Waals surface area (Å²) < 4.78 is 11.5. The van der Waals surface area contributed by atoms with Crippen LogP contribution >= 0.6 is 11.5 Å². The van der Waals surface area contributed by atoms with Crippen molar-refractivity contribution in [3.8, 4) is 0 Å². The number of nitrogens with one attached hydrogen (secondary N) is 2. The Bertz CT molecular complexity index is 133. The Morgan fingerprint density at radius 3 is 1.60 bits per heavy atom. The Hall–Kier alpha value is -1.15. The third-order valence-electron chi connectivity index (χ3n) is 0.403. The first-order valence-corrected chi connectivity index (χ1v) is 3.30. The summed E-state index contributed by atoms with van der Waals surface area (Å²) in [6, 6.07) is 0. The maximum absolute atomic E-state index is 9.70. The predicted octanol–water partition coefficient (Wildman–Crippen LogP) is -0.174. The fourth-order valence-electron chi connectivity index (χ4n) is 0.209. The number of thiol groups is 1. The van der Waals surface area contributed by atoms with Crippen molar-refractivity contribution < 1.29 is 24.4 Å². The average Bonchev–Trinajstić information content (AvgIpc) is 1.58. The van der Waals surface area contributed by atoms with Gasteiger partial charge in [-0.2, -0.15) is 0 Å². The van der Waals surface area contributed by atoms with Crippen LogP contribution in [0.2, 0.25) is 0 Å². The zero-order chi connectivity index (χ0) is 8.15. The third-order valence-corrected chi connectivity index (χ3v) is 1.21. The molecule has 8 heteroatoms. The largest absolute Gasteiger partial charge is 0.464 e. The van der Waals surface area contributed by atoms with Gasteiger partial charge in [0.15, 0.2) is 0 Å². The molecule has 0 aromatic rings. The maximum Gasteiger partial charge on any atom is 0.416 e. The van der Waals surface area contributed by atoms with Crippen LogP contribution in [0.3, 0.4) is 0 Å². The fraction of sp³-hybridized carbons (Fsp3) is 0. The number of carbonyl (C=O) groups is 2. The van der Waals surface area contributed by atoms with E-state index in [2.05, 4.69) is 0 Å². The summed E-state index contributed by atoms with van der Waals surface area (Å²) in [5.41, 5.74) is 0. The lowest BCUT2D eigenvalue weighted by Gasteiger charge is -2.12. The van der Waals surface area contributed by atoms with Gasteiger partial charge in [-0.3, -0.25) is 0 Å². The molecule has 0 aliphatic carbocycles. The topological polar surface area (TPSA) is 119 Å². The molecule has 0 aromatic carbocycles. The van der Waals surface area contributed by atoms with Crippen LogP contribution in [0.15, 0.2) is 0 Å². The van der Waals surface area contributed by atoms with Crippen LogP contribution in [0.1, 0.15) is 0 Å². The Kier molecular flexibility index (Phi) is 3.36. The van der Waals surface area contributed by atoms with Crippen LogP contribution in [0.5, 0.6) is 0 Å². The highest BCUT2D eigenvalue weighted by Gasteiger charge is 2.03. The Morgan fingerprint density at radius 1 is 1.10 bits per heavy atom. The molecule has 0 fully saturated rings. The Labute approximate surface area is 58.5 Å². The third kappa shape index (κ3) is 5.00. The molecule has 0 saturated heterocycles. The minimum Gasteiger partial charge on any atom is -0.464 e. The van der Waals surface area contributed by atoms with E-state index < -0.39 is 23.7 Å². The summed E-state index contributed by atoms with van der Waals surface area (Å²) >= 11 is -2.36. The maximum atomic E-state index is 9.70. The van der Waals surface area contributed by atoms with E-state index in [1.54, 1.807) is 0 Å². The first kappa shape index (κ1) is 8.85. The molecule has 0 saturated carbocycles. The Morgan fingerprint density at radius 2 is 1.40 bits per heavy atom. The van der Waals surface area contributed by atoms with E-state index >= 15 is 0 Å². The molecule has 0 aliphatic rings. The van der Waals surface area contributed by atoms with Crippen molar-refractivity contribution in [3.05, 3.63) is 0 Å². The van der Waals surface area contributed by atoms with Crippen LogP contribution in [0, 0.1) is 0 Å². The molecule has 0 spiro atoms. The molecule has 10 heavy (non-hydrogen) atoms. The van der Waals surface area contributed by atoms with E-state index in [9.17, 15) is 9.59 Å². The van der Waals surface area contributed by atoms with Crippen LogP contribution in [0.25, 0.3) is 0 Å². The van der Waals surface area contributed by atoms with Crippen molar-refractivity contribution in [1.82, 2.24) is 9.44 Å². The molecule has 0 radical (unpaired) electrons. The molecule has 7 nitrogen and oxygen atoms in total. The number of amides is 2. The smallest absolute Gasteiger partial charge is 0.416 e. The molecule has 5 N–H and O–H groups in total. The van der Waals surface area contributed by atoms with Gasteiger partial charge in [0.2, 0.25) is 0 Å². The number of carboxylic acid groups (broad SMARTS) is 2. The van der Waals surface area contributed by atoms with Gasteiger partial charge in [0.1, 0.15) is 0 Å². The van der Waals surface area contributed by atoms with E-state index in [1.165, 1.54) is 9.44 Å². The van der Waals surface area contributed by atoms with Gasteiger partial charge < -0.3 is 14.8 Å². The highest BCUT2D eigenvalue weighted by atomic mass is 32.2. The molecular weight excluding hydrogens is 164 g/mol. The van der Waals surface area contributed by atoms with Crippen molar-refractivity contribution in [2.45, 2.75) is 0 Å². The lowest BCUT2D eigenvalue weighted by Crippen LogP contribution is -2.28. The average molecular weight is 170 g/mol. The van der Waals surface area contributed by atoms with Crippen LogP contribution in [-0.2, 0) is 0 Å². The van der Waals surface area contributed by atoms with Crippen LogP contribution < -0.4 is 9.44 Å². The molecular formula is C2H6N2O5S. The highest BCUT2D eigenvalue weighted by Crippen LogP contribution is 2.04. The van der Waals surface area contributed by atoms with Gasteiger partial charge in [0, 0.05) is 11.5 Å². The minimum absolute atomic E-state index is 1.48. The van der Waals surface area contributed by atoms with Crippen molar-refractivity contribution in [2.75, 3.05) is 0 Å². The SMILES string of the molecule is O=C(O)N[SH](O)NC(=O)O. The van der Waals surface area contributed by atoms with E-state index in [0.717, 1.165) is 0 Å². The van der Waals surface area contributed by atoms with E-state index in [-0.39, 0.29) is 0 Å². The minimum atomic E-state index is -2.36. The first-order valence-electron chi connectivity index (χ1n) is 2.00. The van der Waals surface area contributed by atoms with Crippen molar-refractivity contribution in [3.63, 3.8) is 0 Å². The van der Waals surface area contributed by atoms with Crippen LogP contribution in [-0.4, -0.2) is 27.0 Å². The molecule has 0 aromatic heterocycles. The van der Waals surface area contributed by atoms with Gasteiger partial charge in [-0.25, -0.2) is 19.0 Å². The summed E-state index contributed by atoms with van der Waals surface area (Å²) in [6.07, 6.45) is -2.97. The second-order valence-corrected chi connectivity index (χ2v) is 2.22. The standard InChI is InChI=1S/C2H6N2O5S/c5-1(6)3-10(9)4-2(7)8/h3-4,9-10H,(H,5,6)(H,7,8). The molecule has 60 valence electrons. The number of rotatable bonds is 2. The van der Waals surface area contributed by atoms with Gasteiger partial charge in [0.25, 0.3) is 0 Å². The summed E-state index contributed by atoms with van der Waals surface area (Å²) in [6.45, 7) is 0. The predicted molar refractivity (Wildman–Crippen MR) is 33.9 cm³/mol. The molecule has 0 unspecified atom stereocenters. The summed E-state index contributed by atoms with van der Waals surface area (Å²) in [5, 5.41) is 15.8. The van der Waals surface area contributed by atoms with Gasteiger partial charge in [0.05, 0.1) is 0 Å². The quantitative estimate of drug-likeness (QED) is 0.321. The van der Waals surface area contributed by atoms with Gasteiger partial charge >= 0.3 is 12.2 Å². The Balaban J connectivity index is 3.53. The van der Waals surface area contributed by atoms with E-state index in [1.807, 2.05) is 0 Å². The van der Waals surface area contributed by atoms with Crippen LogP contribution in [0.4, 0.5) is 9.59 Å². The van der Waals surface area contributed by atoms with Crippen molar-refractivity contribution >= 4 is 23.7 Å². The highest BCUT2D eigenvalue weighted by molar-refractivity contribution is 8.09. The molecule has 0 atom stereocenters. The lowest BCUT2D eigenvalue weighted by molar-refractivity contribution is 0.199.